The van der Waals surface area contributed by atoms with E-state index in [1.165, 1.54) is 12.1 Å². The maximum atomic E-state index is 12.0. The summed E-state index contributed by atoms with van der Waals surface area (Å²) in [5, 5.41) is 19.2. The van der Waals surface area contributed by atoms with Crippen molar-refractivity contribution < 1.29 is 85.1 Å². The van der Waals surface area contributed by atoms with E-state index in [-0.39, 0.29) is 92.6 Å². The summed E-state index contributed by atoms with van der Waals surface area (Å²) in [5.41, 5.74) is 13.6. The molecule has 0 unspecified atom stereocenters. The average Bonchev–Trinajstić information content (AvgIpc) is 2.99. The number of nitrogens with two attached hydrogens (primary N) is 2. The van der Waals surface area contributed by atoms with Crippen molar-refractivity contribution in [1.29, 1.82) is 0 Å². The van der Waals surface area contributed by atoms with E-state index in [0.717, 1.165) is 12.1 Å². The Morgan fingerprint density at radius 3 is 1.09 bits per heavy atom. The minimum absolute atomic E-state index is 0. The van der Waals surface area contributed by atoms with Crippen molar-refractivity contribution in [3.05, 3.63) is 97.1 Å². The van der Waals surface area contributed by atoms with Crippen molar-refractivity contribution >= 4 is 86.7 Å². The Bertz CT molecular complexity index is 2270. The van der Waals surface area contributed by atoms with Gasteiger partial charge >= 0.3 is 59.1 Å². The Labute approximate surface area is 307 Å². The molecule has 12 nitrogen and oxygen atoms in total. The van der Waals surface area contributed by atoms with E-state index >= 15 is 0 Å². The van der Waals surface area contributed by atoms with Gasteiger partial charge in [-0.05, 0) is 24.3 Å². The monoisotopic (exact) mass is 670 g/mol. The van der Waals surface area contributed by atoms with Crippen LogP contribution in [0.3, 0.4) is 0 Å². The molecular formula is C30H20N6Na2O6S2. The summed E-state index contributed by atoms with van der Waals surface area (Å²) in [6.45, 7) is 0. The molecule has 0 amide bonds. The second-order valence-corrected chi connectivity index (χ2v) is 12.4. The Kier molecular flexibility index (Phi) is 10.7. The fourth-order valence-electron chi connectivity index (χ4n) is 4.95. The topological polar surface area (TPSA) is 216 Å². The van der Waals surface area contributed by atoms with Crippen LogP contribution >= 0.6 is 0 Å². The predicted octanol–water partition coefficient (Wildman–Crippen LogP) is 0.958. The number of fused-ring (bicyclic) bond motifs is 3. The number of hydrogen-bond donors (Lipinski definition) is 2. The van der Waals surface area contributed by atoms with Gasteiger partial charge in [-0.3, -0.25) is 0 Å². The zero-order chi connectivity index (χ0) is 31.2. The summed E-state index contributed by atoms with van der Waals surface area (Å²) < 4.78 is 71.8. The molecule has 6 aromatic rings. The van der Waals surface area contributed by atoms with Crippen LogP contribution in [0, 0.1) is 0 Å². The van der Waals surface area contributed by atoms with Gasteiger partial charge < -0.3 is 20.6 Å². The van der Waals surface area contributed by atoms with Crippen molar-refractivity contribution in [2.24, 2.45) is 20.5 Å². The van der Waals surface area contributed by atoms with Crippen LogP contribution in [0.5, 0.6) is 0 Å². The Morgan fingerprint density at radius 1 is 0.435 bits per heavy atom. The summed E-state index contributed by atoms with van der Waals surface area (Å²) in [7, 11) is -9.67. The van der Waals surface area contributed by atoms with Crippen molar-refractivity contribution in [2.45, 2.75) is 9.79 Å². The molecule has 0 aliphatic carbocycles. The van der Waals surface area contributed by atoms with Crippen LogP contribution in [0.15, 0.2) is 127 Å². The third-order valence-corrected chi connectivity index (χ3v) is 8.75. The number of anilines is 2. The molecule has 0 aromatic heterocycles. The van der Waals surface area contributed by atoms with E-state index in [0.29, 0.717) is 32.9 Å². The number of nitrogens with zero attached hydrogens (tertiary/aromatic N) is 4. The standard InChI is InChI=1S/C30H22N6O6S2.2Na/c31-29-21-9-3-1-7-19(21)27(43(37,38)39)15-25(29)35-33-23-13-5-12-18-17(23)11-6-14-24(18)34-36-26-16-28(44(40,41)42)20-8-2-4-10-22(20)30(26)32;;/h1-16H,31-32H2,(H,37,38,39)(H,40,41,42);;/q;2*+1/p-2. The summed E-state index contributed by atoms with van der Waals surface area (Å²) in [5.74, 6) is 0. The molecule has 0 atom stereocenters. The molecule has 0 aliphatic heterocycles. The molecule has 220 valence electrons. The molecule has 0 fully saturated rings. The van der Waals surface area contributed by atoms with Gasteiger partial charge in [0.1, 0.15) is 31.6 Å². The molecule has 0 aliphatic rings. The van der Waals surface area contributed by atoms with Crippen molar-refractivity contribution in [3.8, 4) is 0 Å². The maximum absolute atomic E-state index is 12.0. The average molecular weight is 671 g/mol. The van der Waals surface area contributed by atoms with Crippen LogP contribution < -0.4 is 70.6 Å². The summed E-state index contributed by atoms with van der Waals surface area (Å²) in [6, 6.07) is 25.1. The fourth-order valence-corrected chi connectivity index (χ4v) is 6.35. The molecule has 16 heteroatoms. The van der Waals surface area contributed by atoms with Gasteiger partial charge in [-0.1, -0.05) is 72.8 Å². The van der Waals surface area contributed by atoms with Gasteiger partial charge in [0, 0.05) is 32.3 Å². The zero-order valence-corrected chi connectivity index (χ0v) is 30.1. The summed E-state index contributed by atoms with van der Waals surface area (Å²) in [4.78, 5) is -0.921. The maximum Gasteiger partial charge on any atom is 1.00 e. The fraction of sp³-hybridized carbons (Fsp3) is 0. The predicted molar refractivity (Wildman–Crippen MR) is 165 cm³/mol. The van der Waals surface area contributed by atoms with Gasteiger partial charge in [0.2, 0.25) is 0 Å². The second kappa shape index (κ2) is 13.8. The first-order chi connectivity index (χ1) is 20.9. The number of nitrogen functional groups attached to an aromatic ring is 2. The van der Waals surface area contributed by atoms with E-state index in [1.807, 2.05) is 0 Å². The summed E-state index contributed by atoms with van der Waals surface area (Å²) in [6.07, 6.45) is 0. The Balaban J connectivity index is 0.00000240. The van der Waals surface area contributed by atoms with Crippen LogP contribution in [0.4, 0.5) is 34.1 Å². The molecule has 0 saturated carbocycles. The molecular weight excluding hydrogens is 650 g/mol. The van der Waals surface area contributed by atoms with Crippen molar-refractivity contribution in [1.82, 2.24) is 0 Å². The number of azo groups is 2. The second-order valence-electron chi connectivity index (χ2n) is 9.66. The van der Waals surface area contributed by atoms with Crippen LogP contribution in [0.25, 0.3) is 32.3 Å². The molecule has 6 rings (SSSR count). The van der Waals surface area contributed by atoms with Crippen molar-refractivity contribution in [3.63, 3.8) is 0 Å². The molecule has 6 aromatic carbocycles. The first-order valence-electron chi connectivity index (χ1n) is 12.8. The smallest absolute Gasteiger partial charge is 0.744 e. The quantitative estimate of drug-likeness (QED) is 0.112. The van der Waals surface area contributed by atoms with Gasteiger partial charge in [-0.25, -0.2) is 16.8 Å². The number of rotatable bonds is 6. The molecule has 0 bridgehead atoms. The number of hydrogen-bond acceptors (Lipinski definition) is 12. The zero-order valence-electron chi connectivity index (χ0n) is 24.4. The van der Waals surface area contributed by atoms with E-state index < -0.39 is 30.0 Å². The van der Waals surface area contributed by atoms with Gasteiger partial charge in [0.05, 0.1) is 32.5 Å². The minimum Gasteiger partial charge on any atom is -0.744 e. The molecule has 0 radical (unpaired) electrons. The van der Waals surface area contributed by atoms with Crippen molar-refractivity contribution in [2.75, 3.05) is 11.5 Å². The minimum atomic E-state index is -4.84. The number of benzene rings is 6. The van der Waals surface area contributed by atoms with E-state index in [2.05, 4.69) is 20.5 Å². The van der Waals surface area contributed by atoms with Gasteiger partial charge in [0.25, 0.3) is 0 Å². The molecule has 0 heterocycles. The normalized spacial score (nSPS) is 12.1. The summed E-state index contributed by atoms with van der Waals surface area (Å²) >= 11 is 0. The largest absolute Gasteiger partial charge is 1.00 e. The van der Waals surface area contributed by atoms with Crippen LogP contribution in [0.2, 0.25) is 0 Å². The van der Waals surface area contributed by atoms with Gasteiger partial charge in [0.15, 0.2) is 0 Å². The first kappa shape index (κ1) is 35.6. The van der Waals surface area contributed by atoms with E-state index in [4.69, 9.17) is 11.5 Å². The van der Waals surface area contributed by atoms with Gasteiger partial charge in [-0.15, -0.1) is 20.5 Å². The Hall–Kier alpha value is -3.28. The molecule has 4 N–H and O–H groups in total. The van der Waals surface area contributed by atoms with Crippen LogP contribution in [0.1, 0.15) is 0 Å². The third kappa shape index (κ3) is 6.87. The third-order valence-electron chi connectivity index (χ3n) is 7.00. The first-order valence-corrected chi connectivity index (χ1v) is 15.6. The van der Waals surface area contributed by atoms with Crippen LogP contribution in [-0.2, 0) is 20.2 Å². The molecule has 0 spiro atoms. The Morgan fingerprint density at radius 2 is 0.739 bits per heavy atom. The molecule has 0 saturated heterocycles. The van der Waals surface area contributed by atoms with Gasteiger partial charge in [-0.2, -0.15) is 0 Å². The van der Waals surface area contributed by atoms with E-state index in [1.54, 1.807) is 72.8 Å². The molecule has 46 heavy (non-hydrogen) atoms. The van der Waals surface area contributed by atoms with Crippen LogP contribution in [-0.4, -0.2) is 25.9 Å². The SMILES string of the molecule is Nc1c(N=Nc2cccc3c(N=Nc4cc(S(=O)(=O)[O-])c5ccccc5c4N)cccc23)cc(S(=O)(=O)[O-])c2ccccc12.[Na+].[Na+]. The van der Waals surface area contributed by atoms with E-state index in [9.17, 15) is 25.9 Å².